The molecule has 6 nitrogen and oxygen atoms in total. The van der Waals surface area contributed by atoms with Gasteiger partial charge in [-0.1, -0.05) is 19.8 Å². The van der Waals surface area contributed by atoms with Gasteiger partial charge in [-0.3, -0.25) is 14.9 Å². The Morgan fingerprint density at radius 3 is 2.86 bits per heavy atom. The number of carbonyl (C=O) groups is 1. The summed E-state index contributed by atoms with van der Waals surface area (Å²) >= 11 is 0. The summed E-state index contributed by atoms with van der Waals surface area (Å²) in [6.07, 6.45) is 4.81. The van der Waals surface area contributed by atoms with E-state index in [1.54, 1.807) is 4.90 Å². The van der Waals surface area contributed by atoms with Crippen LogP contribution in [0.25, 0.3) is 0 Å². The Hall–Kier alpha value is -2.11. The van der Waals surface area contributed by atoms with Crippen molar-refractivity contribution in [2.45, 2.75) is 45.1 Å². The number of benzene rings is 1. The third kappa shape index (κ3) is 3.32. The Morgan fingerprint density at radius 2 is 2.19 bits per heavy atom. The average molecular weight is 292 g/mol. The molecule has 2 rings (SSSR count). The molecule has 1 aliphatic rings. The van der Waals surface area contributed by atoms with Crippen molar-refractivity contribution >= 4 is 11.6 Å². The molecule has 1 fully saturated rings. The van der Waals surface area contributed by atoms with Crippen molar-refractivity contribution in [1.82, 2.24) is 4.90 Å². The van der Waals surface area contributed by atoms with E-state index in [0.717, 1.165) is 32.1 Å². The van der Waals surface area contributed by atoms with Gasteiger partial charge in [-0.15, -0.1) is 0 Å². The quantitative estimate of drug-likeness (QED) is 0.685. The maximum atomic E-state index is 12.7. The number of likely N-dealkylation sites (tertiary alicyclic amines) is 1. The lowest BCUT2D eigenvalue weighted by atomic mass is 10.1. The van der Waals surface area contributed by atoms with Gasteiger partial charge in [0.2, 0.25) is 0 Å². The molecule has 0 aliphatic carbocycles. The van der Waals surface area contributed by atoms with E-state index in [1.165, 1.54) is 18.2 Å². The van der Waals surface area contributed by atoms with Crippen LogP contribution < -0.4 is 0 Å². The maximum Gasteiger partial charge on any atom is 0.282 e. The molecule has 21 heavy (non-hydrogen) atoms. The van der Waals surface area contributed by atoms with Gasteiger partial charge >= 0.3 is 0 Å². The predicted octanol–water partition coefficient (Wildman–Crippen LogP) is 3.10. The minimum absolute atomic E-state index is 0.0275. The van der Waals surface area contributed by atoms with Gasteiger partial charge in [-0.25, -0.2) is 0 Å². The predicted molar refractivity (Wildman–Crippen MR) is 78.3 cm³/mol. The number of aromatic hydroxyl groups is 1. The van der Waals surface area contributed by atoms with Crippen molar-refractivity contribution in [3.63, 3.8) is 0 Å². The van der Waals surface area contributed by atoms with Crippen LogP contribution in [-0.4, -0.2) is 33.4 Å². The van der Waals surface area contributed by atoms with Crippen molar-refractivity contribution in [3.05, 3.63) is 33.9 Å². The Bertz CT molecular complexity index is 544. The number of hydrogen-bond donors (Lipinski definition) is 1. The van der Waals surface area contributed by atoms with Gasteiger partial charge < -0.3 is 10.0 Å². The standard InChI is InChI=1S/C15H20N2O4/c1-2-11-6-4-3-5-9-16(11)15(19)13-10-12(18)7-8-14(13)17(20)21/h7-8,10-11,18H,2-6,9H2,1H3. The zero-order valence-corrected chi connectivity index (χ0v) is 12.1. The first-order valence-corrected chi connectivity index (χ1v) is 7.33. The molecule has 114 valence electrons. The normalized spacial score (nSPS) is 19.1. The van der Waals surface area contributed by atoms with E-state index in [0.29, 0.717) is 6.54 Å². The highest BCUT2D eigenvalue weighted by atomic mass is 16.6. The van der Waals surface area contributed by atoms with Crippen LogP contribution in [-0.2, 0) is 0 Å². The van der Waals surface area contributed by atoms with Gasteiger partial charge in [-0.05, 0) is 31.4 Å². The number of nitro groups is 1. The number of phenolic OH excluding ortho intramolecular Hbond substituents is 1. The van der Waals surface area contributed by atoms with Crippen molar-refractivity contribution in [1.29, 1.82) is 0 Å². The molecule has 0 saturated carbocycles. The minimum Gasteiger partial charge on any atom is -0.508 e. The molecule has 1 saturated heterocycles. The van der Waals surface area contributed by atoms with Crippen molar-refractivity contribution in [3.8, 4) is 5.75 Å². The summed E-state index contributed by atoms with van der Waals surface area (Å²) in [7, 11) is 0. The molecule has 1 aliphatic heterocycles. The molecule has 0 spiro atoms. The van der Waals surface area contributed by atoms with Gasteiger partial charge in [0.05, 0.1) is 4.92 Å². The van der Waals surface area contributed by atoms with E-state index in [4.69, 9.17) is 0 Å². The second-order valence-corrected chi connectivity index (χ2v) is 5.37. The van der Waals surface area contributed by atoms with Crippen molar-refractivity contribution in [2.75, 3.05) is 6.54 Å². The summed E-state index contributed by atoms with van der Waals surface area (Å²) in [6, 6.07) is 3.72. The van der Waals surface area contributed by atoms with Crippen LogP contribution in [0.2, 0.25) is 0 Å². The summed E-state index contributed by atoms with van der Waals surface area (Å²) < 4.78 is 0. The number of amides is 1. The number of rotatable bonds is 3. The van der Waals surface area contributed by atoms with Crippen molar-refractivity contribution in [2.24, 2.45) is 0 Å². The molecule has 1 N–H and O–H groups in total. The van der Waals surface area contributed by atoms with Crippen LogP contribution in [0.5, 0.6) is 5.75 Å². The van der Waals surface area contributed by atoms with Gasteiger partial charge in [0.25, 0.3) is 11.6 Å². The first-order chi connectivity index (χ1) is 10.0. The molecule has 1 aromatic carbocycles. The topological polar surface area (TPSA) is 83.7 Å². The maximum absolute atomic E-state index is 12.7. The van der Waals surface area contributed by atoms with Crippen LogP contribution >= 0.6 is 0 Å². The fourth-order valence-corrected chi connectivity index (χ4v) is 2.88. The molecule has 1 aromatic rings. The minimum atomic E-state index is -0.578. The van der Waals surface area contributed by atoms with E-state index in [-0.39, 0.29) is 28.9 Å². The molecule has 0 bridgehead atoms. The highest BCUT2D eigenvalue weighted by molar-refractivity contribution is 5.98. The van der Waals surface area contributed by atoms with Crippen LogP contribution in [0.4, 0.5) is 5.69 Å². The smallest absolute Gasteiger partial charge is 0.282 e. The largest absolute Gasteiger partial charge is 0.508 e. The molecular formula is C15H20N2O4. The van der Waals surface area contributed by atoms with Crippen LogP contribution in [0.15, 0.2) is 18.2 Å². The fraction of sp³-hybridized carbons (Fsp3) is 0.533. The Balaban J connectivity index is 2.37. The molecule has 1 unspecified atom stereocenters. The van der Waals surface area contributed by atoms with Gasteiger partial charge in [0.1, 0.15) is 11.3 Å². The van der Waals surface area contributed by atoms with Crippen LogP contribution in [0.1, 0.15) is 49.4 Å². The molecule has 0 aromatic heterocycles. The van der Waals surface area contributed by atoms with Gasteiger partial charge in [0, 0.05) is 18.7 Å². The van der Waals surface area contributed by atoms with Crippen LogP contribution in [0, 0.1) is 10.1 Å². The summed E-state index contributed by atoms with van der Waals surface area (Å²) in [6.45, 7) is 2.64. The second kappa shape index (κ2) is 6.56. The average Bonchev–Trinajstić information content (AvgIpc) is 2.71. The summed E-state index contributed by atoms with van der Waals surface area (Å²) in [5.41, 5.74) is -0.280. The molecule has 0 radical (unpaired) electrons. The molecule has 1 amide bonds. The first-order valence-electron chi connectivity index (χ1n) is 7.33. The molecular weight excluding hydrogens is 272 g/mol. The van der Waals surface area contributed by atoms with Crippen molar-refractivity contribution < 1.29 is 14.8 Å². The van der Waals surface area contributed by atoms with E-state index in [1.807, 2.05) is 6.92 Å². The summed E-state index contributed by atoms with van der Waals surface area (Å²) in [4.78, 5) is 25.0. The lowest BCUT2D eigenvalue weighted by Gasteiger charge is -2.29. The number of phenols is 1. The van der Waals surface area contributed by atoms with E-state index in [2.05, 4.69) is 0 Å². The highest BCUT2D eigenvalue weighted by Crippen LogP contribution is 2.28. The van der Waals surface area contributed by atoms with E-state index in [9.17, 15) is 20.0 Å². The summed E-state index contributed by atoms with van der Waals surface area (Å²) in [5.74, 6) is -0.488. The Morgan fingerprint density at radius 1 is 1.43 bits per heavy atom. The lowest BCUT2D eigenvalue weighted by Crippen LogP contribution is -2.39. The SMILES string of the molecule is CCC1CCCCCN1C(=O)c1cc(O)ccc1[N+](=O)[O-]. The van der Waals surface area contributed by atoms with Crippen LogP contribution in [0.3, 0.4) is 0 Å². The number of carbonyl (C=O) groups excluding carboxylic acids is 1. The van der Waals surface area contributed by atoms with E-state index < -0.39 is 4.92 Å². The number of nitro benzene ring substituents is 1. The Labute approximate surface area is 123 Å². The highest BCUT2D eigenvalue weighted by Gasteiger charge is 2.29. The van der Waals surface area contributed by atoms with Gasteiger partial charge in [0.15, 0.2) is 0 Å². The lowest BCUT2D eigenvalue weighted by molar-refractivity contribution is -0.385. The molecule has 6 heteroatoms. The zero-order chi connectivity index (χ0) is 15.4. The third-order valence-corrected chi connectivity index (χ3v) is 4.02. The third-order valence-electron chi connectivity index (χ3n) is 4.02. The molecule has 1 atom stereocenters. The van der Waals surface area contributed by atoms with Gasteiger partial charge in [-0.2, -0.15) is 0 Å². The van der Waals surface area contributed by atoms with E-state index >= 15 is 0 Å². The first kappa shape index (κ1) is 15.3. The number of hydrogen-bond acceptors (Lipinski definition) is 4. The fourth-order valence-electron chi connectivity index (χ4n) is 2.88. The summed E-state index contributed by atoms with van der Waals surface area (Å²) in [5, 5.41) is 20.6. The number of nitrogens with zero attached hydrogens (tertiary/aromatic N) is 2. The molecule has 1 heterocycles. The second-order valence-electron chi connectivity index (χ2n) is 5.37. The Kier molecular flexibility index (Phi) is 4.77. The zero-order valence-electron chi connectivity index (χ0n) is 12.1. The monoisotopic (exact) mass is 292 g/mol.